The van der Waals surface area contributed by atoms with Crippen molar-refractivity contribution in [2.75, 3.05) is 0 Å². The lowest BCUT2D eigenvalue weighted by Gasteiger charge is -2.07. The number of carbonyl (C=O) groups is 1. The van der Waals surface area contributed by atoms with Gasteiger partial charge in [-0.1, -0.05) is 28.4 Å². The Balaban J connectivity index is 2.54. The van der Waals surface area contributed by atoms with Gasteiger partial charge in [-0.25, -0.2) is 0 Å². The first-order valence-corrected chi connectivity index (χ1v) is 7.26. The van der Waals surface area contributed by atoms with Gasteiger partial charge in [0.1, 0.15) is 0 Å². The molecule has 1 rings (SSSR count). The van der Waals surface area contributed by atoms with Crippen molar-refractivity contribution in [1.29, 1.82) is 0 Å². The predicted molar refractivity (Wildman–Crippen MR) is 81.2 cm³/mol. The summed E-state index contributed by atoms with van der Waals surface area (Å²) < 4.78 is 1.10. The van der Waals surface area contributed by atoms with Gasteiger partial charge in [0, 0.05) is 16.5 Å². The molecule has 98 valence electrons. The lowest BCUT2D eigenvalue weighted by Crippen LogP contribution is -2.00. The molecule has 0 radical (unpaired) electrons. The van der Waals surface area contributed by atoms with E-state index in [-0.39, 0.29) is 5.78 Å². The molecule has 2 heteroatoms. The molecule has 1 nitrogen and oxygen atoms in total. The van der Waals surface area contributed by atoms with Crippen LogP contribution >= 0.6 is 15.9 Å². The van der Waals surface area contributed by atoms with E-state index in [1.807, 2.05) is 32.1 Å². The van der Waals surface area contributed by atoms with Crippen LogP contribution in [-0.2, 0) is 0 Å². The number of allylic oxidation sites excluding steroid dienone is 1. The molecule has 1 aromatic carbocycles. The minimum atomic E-state index is 0.257. The molecular formula is C16H21BrO. The average Bonchev–Trinajstić information content (AvgIpc) is 2.34. The van der Waals surface area contributed by atoms with Crippen molar-refractivity contribution in [1.82, 2.24) is 0 Å². The van der Waals surface area contributed by atoms with Crippen molar-refractivity contribution < 1.29 is 4.79 Å². The summed E-state index contributed by atoms with van der Waals surface area (Å²) in [5, 5.41) is 0. The second-order valence-corrected chi connectivity index (χ2v) is 5.53. The summed E-state index contributed by atoms with van der Waals surface area (Å²) in [6, 6.07) is 3.95. The van der Waals surface area contributed by atoms with Gasteiger partial charge in [-0.3, -0.25) is 4.79 Å². The van der Waals surface area contributed by atoms with Crippen LogP contribution in [0.15, 0.2) is 29.3 Å². The first-order chi connectivity index (χ1) is 8.56. The van der Waals surface area contributed by atoms with Gasteiger partial charge in [0.15, 0.2) is 5.78 Å². The molecule has 0 N–H and O–H groups in total. The molecule has 0 aliphatic rings. The average molecular weight is 309 g/mol. The smallest absolute Gasteiger partial charge is 0.162 e. The van der Waals surface area contributed by atoms with Gasteiger partial charge in [-0.2, -0.15) is 0 Å². The van der Waals surface area contributed by atoms with Crippen LogP contribution in [0.2, 0.25) is 0 Å². The van der Waals surface area contributed by atoms with E-state index in [0.717, 1.165) is 46.8 Å². The maximum Gasteiger partial charge on any atom is 0.162 e. The molecule has 0 saturated heterocycles. The van der Waals surface area contributed by atoms with Crippen LogP contribution in [0, 0.1) is 13.8 Å². The molecule has 0 fully saturated rings. The monoisotopic (exact) mass is 308 g/mol. The van der Waals surface area contributed by atoms with Crippen LogP contribution in [0.5, 0.6) is 0 Å². The summed E-state index contributed by atoms with van der Waals surface area (Å²) in [6.07, 6.45) is 6.84. The number of rotatable bonds is 7. The standard InChI is InChI=1S/C16H21BrO/c1-4-5-6-7-8-9-15(18)14-10-12(2)16(17)13(3)11-14/h4,10-11H,1,5-9H2,2-3H3. The maximum atomic E-state index is 12.1. The molecule has 0 saturated carbocycles. The summed E-state index contributed by atoms with van der Waals surface area (Å²) in [5.74, 6) is 0.257. The van der Waals surface area contributed by atoms with Crippen molar-refractivity contribution in [3.8, 4) is 0 Å². The van der Waals surface area contributed by atoms with Crippen molar-refractivity contribution in [2.24, 2.45) is 0 Å². The number of halogens is 1. The zero-order valence-electron chi connectivity index (χ0n) is 11.3. The Bertz CT molecular complexity index is 412. The highest BCUT2D eigenvalue weighted by atomic mass is 79.9. The molecule has 1 aromatic rings. The van der Waals surface area contributed by atoms with Crippen LogP contribution in [-0.4, -0.2) is 5.78 Å². The van der Waals surface area contributed by atoms with E-state index >= 15 is 0 Å². The minimum Gasteiger partial charge on any atom is -0.294 e. The number of unbranched alkanes of at least 4 members (excludes halogenated alkanes) is 3. The Morgan fingerprint density at radius 1 is 1.22 bits per heavy atom. The number of hydrogen-bond acceptors (Lipinski definition) is 1. The Hall–Kier alpha value is -0.890. The Kier molecular flexibility index (Phi) is 6.34. The quantitative estimate of drug-likeness (QED) is 0.375. The number of carbonyl (C=O) groups excluding carboxylic acids is 1. The maximum absolute atomic E-state index is 12.1. The molecule has 0 aromatic heterocycles. The van der Waals surface area contributed by atoms with E-state index in [0.29, 0.717) is 6.42 Å². The Labute approximate surface area is 118 Å². The zero-order valence-corrected chi connectivity index (χ0v) is 12.8. The number of aryl methyl sites for hydroxylation is 2. The summed E-state index contributed by atoms with van der Waals surface area (Å²) in [4.78, 5) is 12.1. The molecule has 0 bridgehead atoms. The van der Waals surface area contributed by atoms with Gasteiger partial charge in [0.25, 0.3) is 0 Å². The summed E-state index contributed by atoms with van der Waals surface area (Å²) >= 11 is 3.52. The summed E-state index contributed by atoms with van der Waals surface area (Å²) in [6.45, 7) is 7.75. The van der Waals surface area contributed by atoms with E-state index in [1.165, 1.54) is 0 Å². The van der Waals surface area contributed by atoms with E-state index in [1.54, 1.807) is 0 Å². The fourth-order valence-electron chi connectivity index (χ4n) is 2.00. The zero-order chi connectivity index (χ0) is 13.5. The Morgan fingerprint density at radius 3 is 2.39 bits per heavy atom. The van der Waals surface area contributed by atoms with Crippen molar-refractivity contribution in [3.63, 3.8) is 0 Å². The highest BCUT2D eigenvalue weighted by Crippen LogP contribution is 2.23. The first kappa shape index (κ1) is 15.2. The number of benzene rings is 1. The normalized spacial score (nSPS) is 10.4. The highest BCUT2D eigenvalue weighted by Gasteiger charge is 2.09. The fourth-order valence-corrected chi connectivity index (χ4v) is 2.23. The molecule has 0 atom stereocenters. The minimum absolute atomic E-state index is 0.257. The predicted octanol–water partition coefficient (Wildman–Crippen LogP) is 5.39. The molecule has 0 aliphatic carbocycles. The molecular weight excluding hydrogens is 288 g/mol. The third-order valence-electron chi connectivity index (χ3n) is 3.07. The summed E-state index contributed by atoms with van der Waals surface area (Å²) in [5.41, 5.74) is 3.10. The SMILES string of the molecule is C=CCCCCCC(=O)c1cc(C)c(Br)c(C)c1. The van der Waals surface area contributed by atoms with E-state index in [4.69, 9.17) is 0 Å². The molecule has 0 unspecified atom stereocenters. The van der Waals surface area contributed by atoms with Gasteiger partial charge in [-0.05, 0) is 56.4 Å². The highest BCUT2D eigenvalue weighted by molar-refractivity contribution is 9.10. The fraction of sp³-hybridized carbons (Fsp3) is 0.438. The molecule has 0 amide bonds. The van der Waals surface area contributed by atoms with E-state index < -0.39 is 0 Å². The van der Waals surface area contributed by atoms with Gasteiger partial charge in [0.2, 0.25) is 0 Å². The van der Waals surface area contributed by atoms with Gasteiger partial charge in [-0.15, -0.1) is 6.58 Å². The van der Waals surface area contributed by atoms with Crippen LogP contribution in [0.25, 0.3) is 0 Å². The number of ketones is 1. The Morgan fingerprint density at radius 2 is 1.83 bits per heavy atom. The third-order valence-corrected chi connectivity index (χ3v) is 4.32. The molecule has 0 aliphatic heterocycles. The van der Waals surface area contributed by atoms with Crippen molar-refractivity contribution in [3.05, 3.63) is 46.0 Å². The van der Waals surface area contributed by atoms with Gasteiger partial charge >= 0.3 is 0 Å². The number of hydrogen-bond donors (Lipinski definition) is 0. The third kappa shape index (κ3) is 4.41. The van der Waals surface area contributed by atoms with E-state index in [9.17, 15) is 4.79 Å². The van der Waals surface area contributed by atoms with Crippen molar-refractivity contribution >= 4 is 21.7 Å². The molecule has 0 heterocycles. The van der Waals surface area contributed by atoms with Crippen molar-refractivity contribution in [2.45, 2.75) is 46.0 Å². The second kappa shape index (κ2) is 7.52. The molecule has 18 heavy (non-hydrogen) atoms. The molecule has 0 spiro atoms. The van der Waals surface area contributed by atoms with Crippen LogP contribution in [0.3, 0.4) is 0 Å². The largest absolute Gasteiger partial charge is 0.294 e. The van der Waals surface area contributed by atoms with Crippen LogP contribution < -0.4 is 0 Å². The lowest BCUT2D eigenvalue weighted by molar-refractivity contribution is 0.0979. The van der Waals surface area contributed by atoms with Crippen LogP contribution in [0.1, 0.15) is 53.6 Å². The van der Waals surface area contributed by atoms with Crippen LogP contribution in [0.4, 0.5) is 0 Å². The first-order valence-electron chi connectivity index (χ1n) is 6.47. The second-order valence-electron chi connectivity index (χ2n) is 4.74. The number of Topliss-reactive ketones (excluding diaryl/α,β-unsaturated/α-hetero) is 1. The lowest BCUT2D eigenvalue weighted by atomic mass is 10.0. The van der Waals surface area contributed by atoms with E-state index in [2.05, 4.69) is 22.5 Å². The topological polar surface area (TPSA) is 17.1 Å². The summed E-state index contributed by atoms with van der Waals surface area (Å²) in [7, 11) is 0. The van der Waals surface area contributed by atoms with Gasteiger partial charge in [0.05, 0.1) is 0 Å². The van der Waals surface area contributed by atoms with Gasteiger partial charge < -0.3 is 0 Å².